The van der Waals surface area contributed by atoms with E-state index in [-0.39, 0.29) is 28.7 Å². The van der Waals surface area contributed by atoms with Gasteiger partial charge in [0.2, 0.25) is 0 Å². The maximum absolute atomic E-state index is 12.2. The molecule has 29 heavy (non-hydrogen) atoms. The summed E-state index contributed by atoms with van der Waals surface area (Å²) >= 11 is 0. The monoisotopic (exact) mass is 534 g/mol. The van der Waals surface area contributed by atoms with Crippen molar-refractivity contribution in [1.29, 1.82) is 0 Å². The highest BCUT2D eigenvalue weighted by Gasteiger charge is 2.21. The first-order valence-corrected chi connectivity index (χ1v) is 11.8. The maximum Gasteiger partial charge on any atom is 0.191 e. The SMILES string of the molecule is CCNC(=NCCS(=O)C(C)(C)C)NC1CCN(Cc2cccc(C)c2)CC1.I. The van der Waals surface area contributed by atoms with Gasteiger partial charge in [0.1, 0.15) is 0 Å². The summed E-state index contributed by atoms with van der Waals surface area (Å²) in [6.07, 6.45) is 2.23. The quantitative estimate of drug-likeness (QED) is 0.319. The predicted octanol–water partition coefficient (Wildman–Crippen LogP) is 3.68. The van der Waals surface area contributed by atoms with Gasteiger partial charge in [0.15, 0.2) is 5.96 Å². The minimum absolute atomic E-state index is 0. The average Bonchev–Trinajstić information content (AvgIpc) is 2.62. The summed E-state index contributed by atoms with van der Waals surface area (Å²) in [4.78, 5) is 7.18. The molecule has 1 atom stereocenters. The fourth-order valence-electron chi connectivity index (χ4n) is 3.36. The van der Waals surface area contributed by atoms with Gasteiger partial charge in [-0.05, 0) is 53.0 Å². The lowest BCUT2D eigenvalue weighted by molar-refractivity contribution is 0.198. The highest BCUT2D eigenvalue weighted by molar-refractivity contribution is 14.0. The molecule has 1 aliphatic rings. The molecule has 1 unspecified atom stereocenters. The maximum atomic E-state index is 12.2. The number of aliphatic imine (C=N–C) groups is 1. The third-order valence-electron chi connectivity index (χ3n) is 4.99. The normalized spacial score (nSPS) is 17.5. The van der Waals surface area contributed by atoms with Gasteiger partial charge < -0.3 is 10.6 Å². The molecule has 0 spiro atoms. The molecule has 1 saturated heterocycles. The molecule has 1 aromatic carbocycles. The Balaban J connectivity index is 0.00000420. The zero-order chi connectivity index (χ0) is 20.6. The number of likely N-dealkylation sites (tertiary alicyclic amines) is 1. The summed E-state index contributed by atoms with van der Waals surface area (Å²) in [6, 6.07) is 9.24. The topological polar surface area (TPSA) is 56.7 Å². The minimum atomic E-state index is -0.860. The molecule has 0 bridgehead atoms. The average molecular weight is 535 g/mol. The van der Waals surface area contributed by atoms with Crippen LogP contribution in [0.15, 0.2) is 29.3 Å². The molecule has 0 saturated carbocycles. The lowest BCUT2D eigenvalue weighted by atomic mass is 10.0. The van der Waals surface area contributed by atoms with Crippen molar-refractivity contribution in [3.05, 3.63) is 35.4 Å². The molecule has 1 heterocycles. The first-order valence-electron chi connectivity index (χ1n) is 10.5. The number of rotatable bonds is 7. The van der Waals surface area contributed by atoms with Crippen LogP contribution in [0.4, 0.5) is 0 Å². The smallest absolute Gasteiger partial charge is 0.191 e. The van der Waals surface area contributed by atoms with E-state index in [4.69, 9.17) is 0 Å². The van der Waals surface area contributed by atoms with Crippen molar-refractivity contribution in [3.8, 4) is 0 Å². The predicted molar refractivity (Wildman–Crippen MR) is 137 cm³/mol. The zero-order valence-electron chi connectivity index (χ0n) is 18.7. The highest BCUT2D eigenvalue weighted by atomic mass is 127. The Kier molecular flexibility index (Phi) is 11.7. The van der Waals surface area contributed by atoms with Gasteiger partial charge in [0, 0.05) is 53.5 Å². The van der Waals surface area contributed by atoms with Gasteiger partial charge in [-0.1, -0.05) is 29.8 Å². The number of piperidine rings is 1. The number of guanidine groups is 1. The molecular weight excluding hydrogens is 495 g/mol. The summed E-state index contributed by atoms with van der Waals surface area (Å²) in [5.74, 6) is 1.46. The van der Waals surface area contributed by atoms with Gasteiger partial charge in [-0.25, -0.2) is 0 Å². The van der Waals surface area contributed by atoms with Crippen LogP contribution in [0.3, 0.4) is 0 Å². The van der Waals surface area contributed by atoms with E-state index in [1.165, 1.54) is 11.1 Å². The van der Waals surface area contributed by atoms with Crippen molar-refractivity contribution in [3.63, 3.8) is 0 Å². The summed E-state index contributed by atoms with van der Waals surface area (Å²) in [7, 11) is -0.860. The molecule has 2 N–H and O–H groups in total. The molecule has 0 aromatic heterocycles. The molecule has 1 fully saturated rings. The number of benzene rings is 1. The van der Waals surface area contributed by atoms with Crippen LogP contribution < -0.4 is 10.6 Å². The Hall–Kier alpha value is -0.670. The molecule has 5 nitrogen and oxygen atoms in total. The van der Waals surface area contributed by atoms with Crippen LogP contribution in [-0.2, 0) is 17.3 Å². The van der Waals surface area contributed by atoms with E-state index in [9.17, 15) is 4.21 Å². The molecule has 0 aliphatic carbocycles. The van der Waals surface area contributed by atoms with Crippen molar-refractivity contribution < 1.29 is 4.21 Å². The van der Waals surface area contributed by atoms with Gasteiger partial charge in [-0.3, -0.25) is 14.1 Å². The third kappa shape index (κ3) is 9.79. The molecule has 7 heteroatoms. The van der Waals surface area contributed by atoms with Gasteiger partial charge >= 0.3 is 0 Å². The summed E-state index contributed by atoms with van der Waals surface area (Å²) < 4.78 is 12.0. The van der Waals surface area contributed by atoms with E-state index in [2.05, 4.69) is 58.6 Å². The first-order chi connectivity index (χ1) is 13.3. The van der Waals surface area contributed by atoms with Crippen molar-refractivity contribution >= 4 is 40.7 Å². The van der Waals surface area contributed by atoms with E-state index >= 15 is 0 Å². The highest BCUT2D eigenvalue weighted by Crippen LogP contribution is 2.15. The van der Waals surface area contributed by atoms with Gasteiger partial charge in [-0.15, -0.1) is 24.0 Å². The molecule has 166 valence electrons. The molecule has 0 amide bonds. The van der Waals surface area contributed by atoms with Gasteiger partial charge in [0.25, 0.3) is 0 Å². The molecule has 2 rings (SSSR count). The lowest BCUT2D eigenvalue weighted by Crippen LogP contribution is -2.48. The zero-order valence-corrected chi connectivity index (χ0v) is 21.8. The Bertz CT molecular complexity index is 667. The number of halogens is 1. The Morgan fingerprint density at radius 3 is 2.55 bits per heavy atom. The lowest BCUT2D eigenvalue weighted by Gasteiger charge is -2.33. The Morgan fingerprint density at radius 2 is 1.97 bits per heavy atom. The van der Waals surface area contributed by atoms with Crippen LogP contribution in [-0.4, -0.2) is 57.8 Å². The second-order valence-corrected chi connectivity index (χ2v) is 10.9. The molecule has 1 aliphatic heterocycles. The summed E-state index contributed by atoms with van der Waals surface area (Å²) in [6.45, 7) is 14.9. The largest absolute Gasteiger partial charge is 0.357 e. The van der Waals surface area contributed by atoms with E-state index in [1.807, 2.05) is 20.8 Å². The van der Waals surface area contributed by atoms with Crippen LogP contribution >= 0.6 is 24.0 Å². The Labute approximate surface area is 197 Å². The number of aryl methyl sites for hydroxylation is 1. The second-order valence-electron chi connectivity index (χ2n) is 8.61. The second kappa shape index (κ2) is 12.9. The molecule has 1 aromatic rings. The minimum Gasteiger partial charge on any atom is -0.357 e. The number of hydrogen-bond acceptors (Lipinski definition) is 3. The summed E-state index contributed by atoms with van der Waals surface area (Å²) in [5.41, 5.74) is 2.72. The van der Waals surface area contributed by atoms with Crippen LogP contribution in [0.2, 0.25) is 0 Å². The van der Waals surface area contributed by atoms with Gasteiger partial charge in [-0.2, -0.15) is 0 Å². The molecular formula is C22H39IN4OS. The van der Waals surface area contributed by atoms with Crippen molar-refractivity contribution in [1.82, 2.24) is 15.5 Å². The standard InChI is InChI=1S/C22H38N4OS.HI/c1-6-23-21(24-12-15-28(27)22(3,4)5)25-20-10-13-26(14-11-20)17-19-9-7-8-18(2)16-19;/h7-9,16,20H,6,10-15,17H2,1-5H3,(H2,23,24,25);1H. The molecule has 0 radical (unpaired) electrons. The van der Waals surface area contributed by atoms with Crippen LogP contribution in [0.1, 0.15) is 51.7 Å². The van der Waals surface area contributed by atoms with E-state index in [0.717, 1.165) is 45.0 Å². The van der Waals surface area contributed by atoms with E-state index in [1.54, 1.807) is 0 Å². The number of hydrogen-bond donors (Lipinski definition) is 2. The first kappa shape index (κ1) is 26.4. The van der Waals surface area contributed by atoms with Crippen LogP contribution in [0, 0.1) is 6.92 Å². The Morgan fingerprint density at radius 1 is 1.28 bits per heavy atom. The van der Waals surface area contributed by atoms with Crippen LogP contribution in [0.25, 0.3) is 0 Å². The fourth-order valence-corrected chi connectivity index (χ4v) is 4.23. The van der Waals surface area contributed by atoms with Crippen LogP contribution in [0.5, 0.6) is 0 Å². The fraction of sp³-hybridized carbons (Fsp3) is 0.682. The number of nitrogens with one attached hydrogen (secondary N) is 2. The van der Waals surface area contributed by atoms with E-state index < -0.39 is 10.8 Å². The van der Waals surface area contributed by atoms with E-state index in [0.29, 0.717) is 18.3 Å². The van der Waals surface area contributed by atoms with Crippen molar-refractivity contribution in [2.45, 2.75) is 64.8 Å². The van der Waals surface area contributed by atoms with Crippen molar-refractivity contribution in [2.75, 3.05) is 31.9 Å². The summed E-state index contributed by atoms with van der Waals surface area (Å²) in [5, 5.41) is 6.90. The third-order valence-corrected chi connectivity index (χ3v) is 6.91. The van der Waals surface area contributed by atoms with Gasteiger partial charge in [0.05, 0.1) is 6.54 Å². The number of nitrogens with zero attached hydrogens (tertiary/aromatic N) is 2. The van der Waals surface area contributed by atoms with Crippen molar-refractivity contribution in [2.24, 2.45) is 4.99 Å².